The Hall–Kier alpha value is -1.52. The highest BCUT2D eigenvalue weighted by Crippen LogP contribution is 2.25. The molecule has 0 bridgehead atoms. The largest absolute Gasteiger partial charge is 0.380 e. The van der Waals surface area contributed by atoms with Crippen LogP contribution >= 0.6 is 11.6 Å². The minimum Gasteiger partial charge on any atom is -0.380 e. The van der Waals surface area contributed by atoms with Crippen molar-refractivity contribution in [2.24, 2.45) is 0 Å². The molecule has 0 radical (unpaired) electrons. The highest BCUT2D eigenvalue weighted by molar-refractivity contribution is 7.90. The smallest absolute Gasteiger partial charge is 0.175 e. The van der Waals surface area contributed by atoms with Gasteiger partial charge < -0.3 is 5.32 Å². The molecule has 0 amide bonds. The molecular formula is C15H16ClNO2S. The molecule has 2 aromatic rings. The second kappa shape index (κ2) is 5.85. The molecule has 5 heteroatoms. The lowest BCUT2D eigenvalue weighted by Gasteiger charge is -2.10. The van der Waals surface area contributed by atoms with Gasteiger partial charge in [0.25, 0.3) is 0 Å². The second-order valence-corrected chi connectivity index (χ2v) is 7.18. The van der Waals surface area contributed by atoms with Crippen molar-refractivity contribution >= 4 is 27.1 Å². The number of hydrogen-bond donors (Lipinski definition) is 1. The number of anilines is 1. The summed E-state index contributed by atoms with van der Waals surface area (Å²) in [7, 11) is -3.23. The average Bonchev–Trinajstić information content (AvgIpc) is 2.36. The predicted molar refractivity (Wildman–Crippen MR) is 83.1 cm³/mol. The zero-order valence-electron chi connectivity index (χ0n) is 11.4. The lowest BCUT2D eigenvalue weighted by atomic mass is 10.1. The van der Waals surface area contributed by atoms with Crippen LogP contribution in [0, 0.1) is 6.92 Å². The van der Waals surface area contributed by atoms with Crippen molar-refractivity contribution in [3.8, 4) is 0 Å². The number of benzene rings is 2. The van der Waals surface area contributed by atoms with Crippen LogP contribution in [0.15, 0.2) is 47.4 Å². The molecule has 3 nitrogen and oxygen atoms in total. The quantitative estimate of drug-likeness (QED) is 0.937. The van der Waals surface area contributed by atoms with Crippen LogP contribution < -0.4 is 5.32 Å². The van der Waals surface area contributed by atoms with E-state index in [1.165, 1.54) is 17.9 Å². The van der Waals surface area contributed by atoms with Crippen LogP contribution in [-0.4, -0.2) is 14.7 Å². The molecular weight excluding hydrogens is 294 g/mol. The zero-order valence-corrected chi connectivity index (χ0v) is 12.9. The van der Waals surface area contributed by atoms with Gasteiger partial charge in [-0.1, -0.05) is 41.4 Å². The van der Waals surface area contributed by atoms with E-state index in [-0.39, 0.29) is 4.90 Å². The first kappa shape index (κ1) is 14.9. The third-order valence-electron chi connectivity index (χ3n) is 2.93. The van der Waals surface area contributed by atoms with Gasteiger partial charge in [-0.25, -0.2) is 8.42 Å². The Balaban J connectivity index is 2.21. The lowest BCUT2D eigenvalue weighted by Crippen LogP contribution is -2.03. The first-order valence-corrected chi connectivity index (χ1v) is 8.42. The summed E-state index contributed by atoms with van der Waals surface area (Å²) in [5.41, 5.74) is 2.92. The van der Waals surface area contributed by atoms with Crippen molar-refractivity contribution in [2.45, 2.75) is 18.4 Å². The van der Waals surface area contributed by atoms with Gasteiger partial charge in [-0.3, -0.25) is 0 Å². The molecule has 2 rings (SSSR count). The van der Waals surface area contributed by atoms with E-state index < -0.39 is 9.84 Å². The topological polar surface area (TPSA) is 46.2 Å². The minimum absolute atomic E-state index is 0.258. The Morgan fingerprint density at radius 3 is 2.55 bits per heavy atom. The highest BCUT2D eigenvalue weighted by atomic mass is 35.5. The second-order valence-electron chi connectivity index (χ2n) is 4.76. The van der Waals surface area contributed by atoms with Crippen molar-refractivity contribution < 1.29 is 8.42 Å². The Bertz CT molecular complexity index is 726. The first-order chi connectivity index (χ1) is 9.36. The Morgan fingerprint density at radius 2 is 1.90 bits per heavy atom. The third kappa shape index (κ3) is 3.74. The Labute approximate surface area is 124 Å². The third-order valence-corrected chi connectivity index (χ3v) is 4.37. The van der Waals surface area contributed by atoms with Gasteiger partial charge in [0, 0.05) is 12.8 Å². The van der Waals surface area contributed by atoms with Crippen LogP contribution in [0.3, 0.4) is 0 Å². The fraction of sp³-hybridized carbons (Fsp3) is 0.200. The van der Waals surface area contributed by atoms with Gasteiger partial charge in [-0.05, 0) is 30.7 Å². The van der Waals surface area contributed by atoms with E-state index in [1.54, 1.807) is 12.1 Å². The summed E-state index contributed by atoms with van der Waals surface area (Å²) in [6, 6.07) is 12.8. The fourth-order valence-electron chi connectivity index (χ4n) is 1.89. The lowest BCUT2D eigenvalue weighted by molar-refractivity contribution is 0.602. The SMILES string of the molecule is Cc1cccc(CNc2cc(S(C)(=O)=O)ccc2Cl)c1. The zero-order chi connectivity index (χ0) is 14.8. The van der Waals surface area contributed by atoms with Crippen molar-refractivity contribution in [3.63, 3.8) is 0 Å². The van der Waals surface area contributed by atoms with Crippen LogP contribution in [0.1, 0.15) is 11.1 Å². The maximum Gasteiger partial charge on any atom is 0.175 e. The van der Waals surface area contributed by atoms with Crippen LogP contribution in [0.25, 0.3) is 0 Å². The molecule has 0 spiro atoms. The maximum absolute atomic E-state index is 11.5. The van der Waals surface area contributed by atoms with Crippen molar-refractivity contribution in [2.75, 3.05) is 11.6 Å². The average molecular weight is 310 g/mol. The number of hydrogen-bond acceptors (Lipinski definition) is 3. The van der Waals surface area contributed by atoms with Gasteiger partial charge in [-0.2, -0.15) is 0 Å². The molecule has 0 saturated carbocycles. The summed E-state index contributed by atoms with van der Waals surface area (Å²) in [4.78, 5) is 0.258. The molecule has 0 aliphatic rings. The molecule has 0 aliphatic heterocycles. The molecule has 2 aromatic carbocycles. The van der Waals surface area contributed by atoms with E-state index in [1.807, 2.05) is 25.1 Å². The molecule has 0 heterocycles. The van der Waals surface area contributed by atoms with Gasteiger partial charge in [0.15, 0.2) is 9.84 Å². The summed E-state index contributed by atoms with van der Waals surface area (Å²) in [5, 5.41) is 3.68. The summed E-state index contributed by atoms with van der Waals surface area (Å²) in [6.45, 7) is 2.62. The first-order valence-electron chi connectivity index (χ1n) is 6.15. The van der Waals surface area contributed by atoms with E-state index in [2.05, 4.69) is 11.4 Å². The van der Waals surface area contributed by atoms with Crippen molar-refractivity contribution in [3.05, 3.63) is 58.6 Å². The molecule has 0 aliphatic carbocycles. The van der Waals surface area contributed by atoms with Gasteiger partial charge in [-0.15, -0.1) is 0 Å². The minimum atomic E-state index is -3.23. The van der Waals surface area contributed by atoms with Crippen LogP contribution in [0.2, 0.25) is 5.02 Å². The fourth-order valence-corrected chi connectivity index (χ4v) is 2.72. The highest BCUT2D eigenvalue weighted by Gasteiger charge is 2.10. The molecule has 20 heavy (non-hydrogen) atoms. The monoisotopic (exact) mass is 309 g/mol. The van der Waals surface area contributed by atoms with Crippen molar-refractivity contribution in [1.29, 1.82) is 0 Å². The van der Waals surface area contributed by atoms with E-state index in [0.29, 0.717) is 17.3 Å². The molecule has 1 N–H and O–H groups in total. The summed E-state index contributed by atoms with van der Waals surface area (Å²) < 4.78 is 23.1. The number of sulfone groups is 1. The number of aryl methyl sites for hydroxylation is 1. The Kier molecular flexibility index (Phi) is 4.35. The van der Waals surface area contributed by atoms with Crippen LogP contribution in [0.5, 0.6) is 0 Å². The molecule has 0 fully saturated rings. The predicted octanol–water partition coefficient (Wildman–Crippen LogP) is 3.66. The maximum atomic E-state index is 11.5. The van der Waals surface area contributed by atoms with E-state index >= 15 is 0 Å². The summed E-state index contributed by atoms with van der Waals surface area (Å²) in [6.07, 6.45) is 1.18. The van der Waals surface area contributed by atoms with Gasteiger partial charge >= 0.3 is 0 Å². The van der Waals surface area contributed by atoms with Crippen molar-refractivity contribution in [1.82, 2.24) is 0 Å². The molecule has 0 saturated heterocycles. The standard InChI is InChI=1S/C15H16ClNO2S/c1-11-4-3-5-12(8-11)10-17-15-9-13(20(2,18)19)6-7-14(15)16/h3-9,17H,10H2,1-2H3. The molecule has 106 valence electrons. The molecule has 0 aromatic heterocycles. The summed E-state index contributed by atoms with van der Waals surface area (Å²) in [5.74, 6) is 0. The number of nitrogens with one attached hydrogen (secondary N) is 1. The number of rotatable bonds is 4. The Morgan fingerprint density at radius 1 is 1.15 bits per heavy atom. The molecule has 0 atom stereocenters. The normalized spacial score (nSPS) is 11.3. The van der Waals surface area contributed by atoms with Gasteiger partial charge in [0.1, 0.15) is 0 Å². The van der Waals surface area contributed by atoms with Crippen LogP contribution in [0.4, 0.5) is 5.69 Å². The van der Waals surface area contributed by atoms with Gasteiger partial charge in [0.2, 0.25) is 0 Å². The van der Waals surface area contributed by atoms with E-state index in [4.69, 9.17) is 11.6 Å². The van der Waals surface area contributed by atoms with E-state index in [0.717, 1.165) is 5.56 Å². The summed E-state index contributed by atoms with van der Waals surface area (Å²) >= 11 is 6.09. The molecule has 0 unspecified atom stereocenters. The van der Waals surface area contributed by atoms with E-state index in [9.17, 15) is 8.42 Å². The number of halogens is 1. The van der Waals surface area contributed by atoms with Crippen LogP contribution in [-0.2, 0) is 16.4 Å². The van der Waals surface area contributed by atoms with Gasteiger partial charge in [0.05, 0.1) is 15.6 Å².